The molecule has 14 heavy (non-hydrogen) atoms. The Balaban J connectivity index is 1.79. The van der Waals surface area contributed by atoms with Crippen molar-refractivity contribution < 1.29 is 4.42 Å². The number of rotatable bonds is 4. The van der Waals surface area contributed by atoms with Gasteiger partial charge < -0.3 is 9.73 Å². The van der Waals surface area contributed by atoms with Gasteiger partial charge in [0.05, 0.1) is 12.5 Å². The van der Waals surface area contributed by atoms with Crippen molar-refractivity contribution in [2.24, 2.45) is 0 Å². The van der Waals surface area contributed by atoms with Crippen LogP contribution in [0.1, 0.15) is 18.9 Å². The van der Waals surface area contributed by atoms with E-state index in [9.17, 15) is 0 Å². The molecule has 1 unspecified atom stereocenters. The molecule has 0 amide bonds. The zero-order chi connectivity index (χ0) is 9.80. The minimum absolute atomic E-state index is 0.687. The summed E-state index contributed by atoms with van der Waals surface area (Å²) in [6, 6.07) is 2.73. The second-order valence-electron chi connectivity index (χ2n) is 3.91. The quantitative estimate of drug-likeness (QED) is 0.786. The van der Waals surface area contributed by atoms with Crippen LogP contribution in [0.3, 0.4) is 0 Å². The number of hydrogen-bond acceptors (Lipinski definition) is 3. The Bertz CT molecular complexity index is 258. The summed E-state index contributed by atoms with van der Waals surface area (Å²) in [6.07, 6.45) is 4.85. The van der Waals surface area contributed by atoms with Crippen molar-refractivity contribution in [1.29, 1.82) is 0 Å². The Morgan fingerprint density at radius 3 is 3.29 bits per heavy atom. The van der Waals surface area contributed by atoms with Gasteiger partial charge in [-0.25, -0.2) is 0 Å². The first-order chi connectivity index (χ1) is 6.88. The van der Waals surface area contributed by atoms with Crippen LogP contribution in [0.5, 0.6) is 0 Å². The monoisotopic (exact) mass is 194 g/mol. The number of likely N-dealkylation sites (tertiary alicyclic amines) is 1. The topological polar surface area (TPSA) is 28.4 Å². The Hall–Kier alpha value is -0.800. The molecule has 1 aliphatic rings. The molecule has 1 atom stereocenters. The molecule has 0 aromatic carbocycles. The molecule has 1 fully saturated rings. The third kappa shape index (κ3) is 2.36. The van der Waals surface area contributed by atoms with Gasteiger partial charge in [0, 0.05) is 31.2 Å². The predicted octanol–water partition coefficient (Wildman–Crippen LogP) is 1.46. The fourth-order valence-corrected chi connectivity index (χ4v) is 2.07. The maximum Gasteiger partial charge on any atom is 0.0947 e. The number of likely N-dealkylation sites (N-methyl/N-ethyl adjacent to an activating group) is 1. The first kappa shape index (κ1) is 9.74. The second kappa shape index (κ2) is 4.62. The molecule has 1 saturated heterocycles. The van der Waals surface area contributed by atoms with Crippen LogP contribution in [0.2, 0.25) is 0 Å². The highest BCUT2D eigenvalue weighted by Gasteiger charge is 2.21. The molecule has 0 saturated carbocycles. The van der Waals surface area contributed by atoms with Crippen molar-refractivity contribution in [2.45, 2.75) is 25.9 Å². The summed E-state index contributed by atoms with van der Waals surface area (Å²) in [4.78, 5) is 2.47. The fourth-order valence-electron chi connectivity index (χ4n) is 2.07. The number of nitrogens with one attached hydrogen (secondary N) is 1. The molecule has 2 rings (SSSR count). The van der Waals surface area contributed by atoms with Gasteiger partial charge in [-0.3, -0.25) is 4.90 Å². The molecule has 78 valence electrons. The highest BCUT2D eigenvalue weighted by molar-refractivity contribution is 5.05. The van der Waals surface area contributed by atoms with Crippen molar-refractivity contribution in [3.8, 4) is 0 Å². The van der Waals surface area contributed by atoms with Crippen LogP contribution in [0.15, 0.2) is 23.0 Å². The van der Waals surface area contributed by atoms with Gasteiger partial charge in [0.25, 0.3) is 0 Å². The van der Waals surface area contributed by atoms with E-state index in [1.54, 1.807) is 6.26 Å². The molecule has 0 bridgehead atoms. The largest absolute Gasteiger partial charge is 0.472 e. The maximum absolute atomic E-state index is 5.06. The highest BCUT2D eigenvalue weighted by Crippen LogP contribution is 2.13. The average molecular weight is 194 g/mol. The molecule has 0 radical (unpaired) electrons. The van der Waals surface area contributed by atoms with Gasteiger partial charge in [0.2, 0.25) is 0 Å². The molecule has 2 heterocycles. The van der Waals surface area contributed by atoms with E-state index in [0.29, 0.717) is 6.04 Å². The SMILES string of the molecule is CCNC1CCN(Cc2ccoc2)C1. The van der Waals surface area contributed by atoms with E-state index in [4.69, 9.17) is 4.42 Å². The van der Waals surface area contributed by atoms with Crippen molar-refractivity contribution in [3.63, 3.8) is 0 Å². The lowest BCUT2D eigenvalue weighted by atomic mass is 10.3. The summed E-state index contributed by atoms with van der Waals surface area (Å²) < 4.78 is 5.06. The minimum atomic E-state index is 0.687. The van der Waals surface area contributed by atoms with E-state index in [1.807, 2.05) is 12.3 Å². The van der Waals surface area contributed by atoms with E-state index in [2.05, 4.69) is 17.1 Å². The van der Waals surface area contributed by atoms with Crippen molar-refractivity contribution in [3.05, 3.63) is 24.2 Å². The van der Waals surface area contributed by atoms with E-state index in [-0.39, 0.29) is 0 Å². The van der Waals surface area contributed by atoms with Crippen LogP contribution >= 0.6 is 0 Å². The molecule has 0 spiro atoms. The molecule has 1 aromatic heterocycles. The summed E-state index contributed by atoms with van der Waals surface area (Å²) in [5.41, 5.74) is 1.28. The summed E-state index contributed by atoms with van der Waals surface area (Å²) in [5, 5.41) is 3.49. The molecular weight excluding hydrogens is 176 g/mol. The zero-order valence-corrected chi connectivity index (χ0v) is 8.70. The third-order valence-corrected chi connectivity index (χ3v) is 2.75. The van der Waals surface area contributed by atoms with Gasteiger partial charge in [0.15, 0.2) is 0 Å². The lowest BCUT2D eigenvalue weighted by Crippen LogP contribution is -2.31. The average Bonchev–Trinajstić information content (AvgIpc) is 2.79. The van der Waals surface area contributed by atoms with Gasteiger partial charge in [-0.05, 0) is 19.0 Å². The molecular formula is C11H18N2O. The van der Waals surface area contributed by atoms with Crippen molar-refractivity contribution in [1.82, 2.24) is 10.2 Å². The van der Waals surface area contributed by atoms with Gasteiger partial charge >= 0.3 is 0 Å². The lowest BCUT2D eigenvalue weighted by molar-refractivity contribution is 0.319. The lowest BCUT2D eigenvalue weighted by Gasteiger charge is -2.14. The first-order valence-corrected chi connectivity index (χ1v) is 5.35. The van der Waals surface area contributed by atoms with Gasteiger partial charge in [-0.1, -0.05) is 6.92 Å². The van der Waals surface area contributed by atoms with Crippen LogP contribution in [-0.2, 0) is 6.54 Å². The van der Waals surface area contributed by atoms with Crippen molar-refractivity contribution >= 4 is 0 Å². The molecule has 1 aromatic rings. The Kier molecular flexibility index (Phi) is 3.22. The molecule has 1 aliphatic heterocycles. The summed E-state index contributed by atoms with van der Waals surface area (Å²) >= 11 is 0. The van der Waals surface area contributed by atoms with Crippen LogP contribution in [-0.4, -0.2) is 30.6 Å². The van der Waals surface area contributed by atoms with E-state index in [0.717, 1.165) is 13.1 Å². The van der Waals surface area contributed by atoms with E-state index in [1.165, 1.54) is 25.1 Å². The van der Waals surface area contributed by atoms with E-state index >= 15 is 0 Å². The van der Waals surface area contributed by atoms with E-state index < -0.39 is 0 Å². The van der Waals surface area contributed by atoms with Crippen LogP contribution < -0.4 is 5.32 Å². The predicted molar refractivity (Wildman–Crippen MR) is 56.1 cm³/mol. The normalized spacial score (nSPS) is 23.1. The maximum atomic E-state index is 5.06. The molecule has 3 heteroatoms. The standard InChI is InChI=1S/C11H18N2O/c1-2-12-11-3-5-13(8-11)7-10-4-6-14-9-10/h4,6,9,11-12H,2-3,5,7-8H2,1H3. The molecule has 3 nitrogen and oxygen atoms in total. The van der Waals surface area contributed by atoms with Crippen molar-refractivity contribution in [2.75, 3.05) is 19.6 Å². The fraction of sp³-hybridized carbons (Fsp3) is 0.636. The van der Waals surface area contributed by atoms with Gasteiger partial charge in [-0.15, -0.1) is 0 Å². The number of furan rings is 1. The second-order valence-corrected chi connectivity index (χ2v) is 3.91. The Morgan fingerprint density at radius 2 is 2.57 bits per heavy atom. The minimum Gasteiger partial charge on any atom is -0.472 e. The summed E-state index contributed by atoms with van der Waals surface area (Å²) in [5.74, 6) is 0. The summed E-state index contributed by atoms with van der Waals surface area (Å²) in [7, 11) is 0. The number of nitrogens with zero attached hydrogens (tertiary/aromatic N) is 1. The third-order valence-electron chi connectivity index (χ3n) is 2.75. The first-order valence-electron chi connectivity index (χ1n) is 5.35. The molecule has 0 aliphatic carbocycles. The van der Waals surface area contributed by atoms with Crippen LogP contribution in [0.25, 0.3) is 0 Å². The smallest absolute Gasteiger partial charge is 0.0947 e. The molecule has 1 N–H and O–H groups in total. The Labute approximate surface area is 85.1 Å². The number of hydrogen-bond donors (Lipinski definition) is 1. The van der Waals surface area contributed by atoms with Gasteiger partial charge in [-0.2, -0.15) is 0 Å². The zero-order valence-electron chi connectivity index (χ0n) is 8.70. The Morgan fingerprint density at radius 1 is 1.64 bits per heavy atom. The van der Waals surface area contributed by atoms with Crippen LogP contribution in [0.4, 0.5) is 0 Å². The van der Waals surface area contributed by atoms with Crippen LogP contribution in [0, 0.1) is 0 Å². The van der Waals surface area contributed by atoms with Gasteiger partial charge in [0.1, 0.15) is 0 Å². The highest BCUT2D eigenvalue weighted by atomic mass is 16.3. The summed E-state index contributed by atoms with van der Waals surface area (Å²) in [6.45, 7) is 6.63.